The normalized spacial score (nSPS) is 17.5. The van der Waals surface area contributed by atoms with Crippen molar-refractivity contribution in [2.75, 3.05) is 19.9 Å². The van der Waals surface area contributed by atoms with Crippen LogP contribution < -0.4 is 14.9 Å². The molecule has 0 bridgehead atoms. The third kappa shape index (κ3) is 2.88. The Morgan fingerprint density at radius 3 is 3.00 bits per heavy atom. The molecule has 1 amide bonds. The van der Waals surface area contributed by atoms with Crippen LogP contribution in [-0.2, 0) is 11.2 Å². The Labute approximate surface area is 111 Å². The van der Waals surface area contributed by atoms with Crippen molar-refractivity contribution in [2.45, 2.75) is 12.8 Å². The van der Waals surface area contributed by atoms with Gasteiger partial charge in [-0.2, -0.15) is 0 Å². The maximum absolute atomic E-state index is 11.9. The van der Waals surface area contributed by atoms with Crippen molar-refractivity contribution in [3.63, 3.8) is 0 Å². The van der Waals surface area contributed by atoms with Crippen LogP contribution >= 0.6 is 0 Å². The molecule has 2 heterocycles. The van der Waals surface area contributed by atoms with Gasteiger partial charge >= 0.3 is 0 Å². The van der Waals surface area contributed by atoms with Gasteiger partial charge in [0.1, 0.15) is 0 Å². The number of hydrogen-bond donors (Lipinski definition) is 1. The molecular weight excluding hydrogens is 244 g/mol. The Balaban J connectivity index is 1.58. The second-order valence-electron chi connectivity index (χ2n) is 4.61. The fourth-order valence-electron chi connectivity index (χ4n) is 2.20. The maximum atomic E-state index is 11.9. The minimum absolute atomic E-state index is 0.00540. The van der Waals surface area contributed by atoms with Crippen LogP contribution in [-0.4, -0.2) is 30.8 Å². The van der Waals surface area contributed by atoms with E-state index < -0.39 is 0 Å². The molecule has 0 fully saturated rings. The van der Waals surface area contributed by atoms with E-state index >= 15 is 0 Å². The minimum Gasteiger partial charge on any atom is -0.454 e. The number of nitrogens with zero attached hydrogens (tertiary/aromatic N) is 1. The molecule has 5 nitrogen and oxygen atoms in total. The number of hydrogen-bond acceptors (Lipinski definition) is 4. The third-order valence-corrected chi connectivity index (χ3v) is 3.14. The SMILES string of the molecule is O=C(Cc1ccc2c(c1)OCO2)NN1CC=CCC1. The van der Waals surface area contributed by atoms with E-state index in [2.05, 4.69) is 17.6 Å². The second-order valence-corrected chi connectivity index (χ2v) is 4.61. The van der Waals surface area contributed by atoms with Crippen LogP contribution in [0, 0.1) is 0 Å². The molecule has 0 atom stereocenters. The van der Waals surface area contributed by atoms with Crippen molar-refractivity contribution in [3.8, 4) is 11.5 Å². The van der Waals surface area contributed by atoms with Crippen LogP contribution in [0.25, 0.3) is 0 Å². The summed E-state index contributed by atoms with van der Waals surface area (Å²) in [7, 11) is 0. The quantitative estimate of drug-likeness (QED) is 0.831. The highest BCUT2D eigenvalue weighted by Gasteiger charge is 2.15. The molecule has 1 aromatic carbocycles. The van der Waals surface area contributed by atoms with E-state index in [-0.39, 0.29) is 12.7 Å². The Morgan fingerprint density at radius 1 is 1.26 bits per heavy atom. The first-order chi connectivity index (χ1) is 9.31. The largest absolute Gasteiger partial charge is 0.454 e. The Hall–Kier alpha value is -2.01. The zero-order valence-electron chi connectivity index (χ0n) is 10.6. The zero-order valence-corrected chi connectivity index (χ0v) is 10.6. The molecule has 0 radical (unpaired) electrons. The topological polar surface area (TPSA) is 50.8 Å². The molecule has 0 saturated heterocycles. The number of carbonyl (C=O) groups is 1. The van der Waals surface area contributed by atoms with Gasteiger partial charge in [0.05, 0.1) is 6.42 Å². The lowest BCUT2D eigenvalue weighted by Gasteiger charge is -2.23. The average Bonchev–Trinajstić information content (AvgIpc) is 2.87. The second kappa shape index (κ2) is 5.32. The van der Waals surface area contributed by atoms with E-state index in [1.54, 1.807) is 0 Å². The smallest absolute Gasteiger partial charge is 0.238 e. The van der Waals surface area contributed by atoms with Gasteiger partial charge in [-0.3, -0.25) is 10.2 Å². The van der Waals surface area contributed by atoms with Crippen molar-refractivity contribution < 1.29 is 14.3 Å². The number of benzene rings is 1. The Morgan fingerprint density at radius 2 is 2.16 bits per heavy atom. The van der Waals surface area contributed by atoms with Crippen LogP contribution in [0.3, 0.4) is 0 Å². The van der Waals surface area contributed by atoms with Crippen molar-refractivity contribution in [3.05, 3.63) is 35.9 Å². The summed E-state index contributed by atoms with van der Waals surface area (Å²) in [4.78, 5) is 11.9. The first-order valence-corrected chi connectivity index (χ1v) is 6.39. The molecule has 0 spiro atoms. The zero-order chi connectivity index (χ0) is 13.1. The maximum Gasteiger partial charge on any atom is 0.238 e. The molecule has 2 aliphatic rings. The summed E-state index contributed by atoms with van der Waals surface area (Å²) in [6.45, 7) is 1.89. The van der Waals surface area contributed by atoms with Crippen LogP contribution in [0.2, 0.25) is 0 Å². The minimum atomic E-state index is -0.00540. The molecular formula is C14H16N2O3. The molecule has 0 aliphatic carbocycles. The summed E-state index contributed by atoms with van der Waals surface area (Å²) < 4.78 is 10.5. The van der Waals surface area contributed by atoms with E-state index in [0.717, 1.165) is 30.8 Å². The summed E-state index contributed by atoms with van der Waals surface area (Å²) in [5, 5.41) is 1.93. The van der Waals surface area contributed by atoms with Gasteiger partial charge in [0.25, 0.3) is 0 Å². The van der Waals surface area contributed by atoms with Gasteiger partial charge in [-0.15, -0.1) is 0 Å². The number of nitrogens with one attached hydrogen (secondary N) is 1. The first kappa shape index (κ1) is 12.0. The predicted molar refractivity (Wildman–Crippen MR) is 69.7 cm³/mol. The summed E-state index contributed by atoms with van der Waals surface area (Å²) in [5.74, 6) is 1.45. The Bertz CT molecular complexity index is 513. The molecule has 0 saturated carbocycles. The molecule has 5 heteroatoms. The van der Waals surface area contributed by atoms with Crippen molar-refractivity contribution in [1.82, 2.24) is 10.4 Å². The van der Waals surface area contributed by atoms with Gasteiger partial charge in [0, 0.05) is 13.1 Å². The summed E-state index contributed by atoms with van der Waals surface area (Å²) in [6.07, 6.45) is 5.51. The summed E-state index contributed by atoms with van der Waals surface area (Å²) in [6, 6.07) is 5.59. The van der Waals surface area contributed by atoms with E-state index in [1.807, 2.05) is 23.2 Å². The van der Waals surface area contributed by atoms with Crippen molar-refractivity contribution >= 4 is 5.91 Å². The number of amides is 1. The monoisotopic (exact) mass is 260 g/mol. The number of rotatable bonds is 3. The van der Waals surface area contributed by atoms with Crippen LogP contribution in [0.15, 0.2) is 30.4 Å². The molecule has 0 unspecified atom stereocenters. The highest BCUT2D eigenvalue weighted by Crippen LogP contribution is 2.32. The fraction of sp³-hybridized carbons (Fsp3) is 0.357. The van der Waals surface area contributed by atoms with Gasteiger partial charge < -0.3 is 9.47 Å². The molecule has 19 heavy (non-hydrogen) atoms. The fourth-order valence-corrected chi connectivity index (χ4v) is 2.20. The number of carbonyl (C=O) groups excluding carboxylic acids is 1. The number of ether oxygens (including phenoxy) is 2. The highest BCUT2D eigenvalue weighted by molar-refractivity contribution is 5.78. The van der Waals surface area contributed by atoms with Crippen molar-refractivity contribution in [1.29, 1.82) is 0 Å². The van der Waals surface area contributed by atoms with Crippen LogP contribution in [0.5, 0.6) is 11.5 Å². The lowest BCUT2D eigenvalue weighted by Crippen LogP contribution is -2.44. The molecule has 100 valence electrons. The molecule has 1 N–H and O–H groups in total. The third-order valence-electron chi connectivity index (χ3n) is 3.14. The lowest BCUT2D eigenvalue weighted by atomic mass is 10.1. The lowest BCUT2D eigenvalue weighted by molar-refractivity contribution is -0.125. The molecule has 2 aliphatic heterocycles. The predicted octanol–water partition coefficient (Wildman–Crippen LogP) is 1.25. The van der Waals surface area contributed by atoms with E-state index in [4.69, 9.17) is 9.47 Å². The van der Waals surface area contributed by atoms with Crippen LogP contribution in [0.1, 0.15) is 12.0 Å². The van der Waals surface area contributed by atoms with E-state index in [9.17, 15) is 4.79 Å². The standard InChI is InChI=1S/C14H16N2O3/c17-14(15-16-6-2-1-3-7-16)9-11-4-5-12-13(8-11)19-10-18-12/h1-2,4-5,8H,3,6-7,9-10H2,(H,15,17). The van der Waals surface area contributed by atoms with Gasteiger partial charge in [-0.1, -0.05) is 18.2 Å². The molecule has 3 rings (SSSR count). The highest BCUT2D eigenvalue weighted by atomic mass is 16.7. The summed E-state index contributed by atoms with van der Waals surface area (Å²) >= 11 is 0. The van der Waals surface area contributed by atoms with Crippen LogP contribution in [0.4, 0.5) is 0 Å². The molecule has 0 aromatic heterocycles. The number of fused-ring (bicyclic) bond motifs is 1. The van der Waals surface area contributed by atoms with Gasteiger partial charge in [-0.05, 0) is 24.1 Å². The van der Waals surface area contributed by atoms with E-state index in [1.165, 1.54) is 0 Å². The van der Waals surface area contributed by atoms with Crippen molar-refractivity contribution in [2.24, 2.45) is 0 Å². The van der Waals surface area contributed by atoms with Gasteiger partial charge in [0.15, 0.2) is 11.5 Å². The van der Waals surface area contributed by atoms with Gasteiger partial charge in [0.2, 0.25) is 12.7 Å². The summed E-state index contributed by atoms with van der Waals surface area (Å²) in [5.41, 5.74) is 3.83. The first-order valence-electron chi connectivity index (χ1n) is 6.39. The average molecular weight is 260 g/mol. The Kier molecular flexibility index (Phi) is 3.37. The molecule has 1 aromatic rings. The van der Waals surface area contributed by atoms with Gasteiger partial charge in [-0.25, -0.2) is 5.01 Å². The number of hydrazine groups is 1. The van der Waals surface area contributed by atoms with E-state index in [0.29, 0.717) is 12.2 Å².